The van der Waals surface area contributed by atoms with Crippen molar-refractivity contribution in [1.82, 2.24) is 20.2 Å². The summed E-state index contributed by atoms with van der Waals surface area (Å²) in [6, 6.07) is 17.2. The Hall–Kier alpha value is -3.95. The SMILES string of the molecule is Cc1c(-c2cc(Cl)c3[nH]ncc3c2)c(-c2ccccc2)nc2[nH]c(=O)c(C#N)cc12. The topological polar surface area (TPSA) is 98.2 Å². The zero-order chi connectivity index (χ0) is 20.8. The number of hydrogen-bond donors (Lipinski definition) is 2. The molecular weight excluding hydrogens is 398 g/mol. The van der Waals surface area contributed by atoms with Crippen LogP contribution in [-0.2, 0) is 0 Å². The first-order valence-electron chi connectivity index (χ1n) is 9.23. The first-order valence-corrected chi connectivity index (χ1v) is 9.61. The number of fused-ring (bicyclic) bond motifs is 2. The van der Waals surface area contributed by atoms with E-state index < -0.39 is 5.56 Å². The molecule has 0 aliphatic rings. The van der Waals surface area contributed by atoms with Crippen molar-refractivity contribution < 1.29 is 0 Å². The average molecular weight is 412 g/mol. The van der Waals surface area contributed by atoms with Gasteiger partial charge in [-0.1, -0.05) is 41.9 Å². The molecule has 6 nitrogen and oxygen atoms in total. The summed E-state index contributed by atoms with van der Waals surface area (Å²) in [5.41, 5.74) is 5.09. The Morgan fingerprint density at radius 2 is 1.90 bits per heavy atom. The molecule has 2 N–H and O–H groups in total. The number of H-pyrrole nitrogens is 2. The molecule has 144 valence electrons. The number of aromatic nitrogens is 4. The molecular formula is C23H14ClN5O. The van der Waals surface area contributed by atoms with Crippen LogP contribution in [0.3, 0.4) is 0 Å². The number of aromatic amines is 2. The van der Waals surface area contributed by atoms with E-state index in [9.17, 15) is 10.1 Å². The van der Waals surface area contributed by atoms with Gasteiger partial charge < -0.3 is 4.98 Å². The van der Waals surface area contributed by atoms with Gasteiger partial charge in [-0.2, -0.15) is 10.4 Å². The minimum atomic E-state index is -0.452. The summed E-state index contributed by atoms with van der Waals surface area (Å²) in [4.78, 5) is 19.7. The third-order valence-electron chi connectivity index (χ3n) is 5.22. The number of benzene rings is 2. The fraction of sp³-hybridized carbons (Fsp3) is 0.0435. The number of aryl methyl sites for hydroxylation is 1. The Kier molecular flexibility index (Phi) is 4.12. The third kappa shape index (κ3) is 2.76. The second-order valence-corrected chi connectivity index (χ2v) is 7.41. The van der Waals surface area contributed by atoms with Crippen LogP contribution in [0, 0.1) is 18.3 Å². The summed E-state index contributed by atoms with van der Waals surface area (Å²) >= 11 is 6.51. The predicted molar refractivity (Wildman–Crippen MR) is 117 cm³/mol. The van der Waals surface area contributed by atoms with Gasteiger partial charge in [-0.15, -0.1) is 0 Å². The van der Waals surface area contributed by atoms with Crippen LogP contribution >= 0.6 is 11.6 Å². The summed E-state index contributed by atoms with van der Waals surface area (Å²) < 4.78 is 0. The Bertz CT molecular complexity index is 1540. The molecule has 0 amide bonds. The van der Waals surface area contributed by atoms with Crippen LogP contribution in [0.5, 0.6) is 0 Å². The molecule has 0 atom stereocenters. The minimum absolute atomic E-state index is 0.0501. The lowest BCUT2D eigenvalue weighted by molar-refractivity contribution is 1.12. The number of nitrogens with one attached hydrogen (secondary N) is 2. The predicted octanol–water partition coefficient (Wildman–Crippen LogP) is 4.97. The van der Waals surface area contributed by atoms with Gasteiger partial charge in [-0.05, 0) is 36.2 Å². The zero-order valence-corrected chi connectivity index (χ0v) is 16.6. The summed E-state index contributed by atoms with van der Waals surface area (Å²) in [6.07, 6.45) is 1.72. The van der Waals surface area contributed by atoms with Crippen molar-refractivity contribution in [2.45, 2.75) is 6.92 Å². The Morgan fingerprint density at radius 1 is 1.10 bits per heavy atom. The van der Waals surface area contributed by atoms with Crippen LogP contribution in [0.4, 0.5) is 0 Å². The lowest BCUT2D eigenvalue weighted by atomic mass is 9.92. The molecule has 5 aromatic rings. The Morgan fingerprint density at radius 3 is 2.67 bits per heavy atom. The molecule has 5 rings (SSSR count). The number of nitriles is 1. The highest BCUT2D eigenvalue weighted by Crippen LogP contribution is 2.39. The van der Waals surface area contributed by atoms with E-state index in [4.69, 9.17) is 16.6 Å². The van der Waals surface area contributed by atoms with Crippen LogP contribution in [-0.4, -0.2) is 20.2 Å². The van der Waals surface area contributed by atoms with E-state index in [0.29, 0.717) is 16.1 Å². The normalized spacial score (nSPS) is 11.1. The smallest absolute Gasteiger partial charge is 0.267 e. The molecule has 0 saturated carbocycles. The molecule has 0 spiro atoms. The van der Waals surface area contributed by atoms with Gasteiger partial charge in [0.25, 0.3) is 5.56 Å². The summed E-state index contributed by atoms with van der Waals surface area (Å²) in [6.45, 7) is 1.96. The summed E-state index contributed by atoms with van der Waals surface area (Å²) in [5, 5.41) is 18.4. The highest BCUT2D eigenvalue weighted by Gasteiger charge is 2.19. The zero-order valence-electron chi connectivity index (χ0n) is 15.8. The number of rotatable bonds is 2. The number of hydrogen-bond acceptors (Lipinski definition) is 4. The average Bonchev–Trinajstić information content (AvgIpc) is 3.23. The maximum absolute atomic E-state index is 12.2. The maximum Gasteiger partial charge on any atom is 0.267 e. The van der Waals surface area contributed by atoms with E-state index in [0.717, 1.165) is 38.9 Å². The van der Waals surface area contributed by atoms with Gasteiger partial charge in [-0.25, -0.2) is 4.98 Å². The molecule has 0 saturated heterocycles. The van der Waals surface area contributed by atoms with Gasteiger partial charge >= 0.3 is 0 Å². The van der Waals surface area contributed by atoms with Crippen LogP contribution in [0.1, 0.15) is 11.1 Å². The monoisotopic (exact) mass is 411 g/mol. The van der Waals surface area contributed by atoms with Crippen molar-refractivity contribution in [1.29, 1.82) is 5.26 Å². The first-order chi connectivity index (χ1) is 14.6. The molecule has 7 heteroatoms. The van der Waals surface area contributed by atoms with E-state index >= 15 is 0 Å². The van der Waals surface area contributed by atoms with Crippen molar-refractivity contribution >= 4 is 33.5 Å². The van der Waals surface area contributed by atoms with Gasteiger partial charge in [0.05, 0.1) is 22.4 Å². The molecule has 0 fully saturated rings. The highest BCUT2D eigenvalue weighted by atomic mass is 35.5. The largest absolute Gasteiger partial charge is 0.305 e. The molecule has 2 aromatic carbocycles. The van der Waals surface area contributed by atoms with Gasteiger partial charge in [0.2, 0.25) is 0 Å². The fourth-order valence-corrected chi connectivity index (χ4v) is 4.04. The summed E-state index contributed by atoms with van der Waals surface area (Å²) in [7, 11) is 0. The van der Waals surface area contributed by atoms with Crippen molar-refractivity contribution in [2.75, 3.05) is 0 Å². The first kappa shape index (κ1) is 18.1. The van der Waals surface area contributed by atoms with E-state index in [1.54, 1.807) is 12.3 Å². The van der Waals surface area contributed by atoms with Gasteiger partial charge in [0, 0.05) is 21.9 Å². The molecule has 0 radical (unpaired) electrons. The highest BCUT2D eigenvalue weighted by molar-refractivity contribution is 6.35. The Labute approximate surface area is 175 Å². The lowest BCUT2D eigenvalue weighted by Crippen LogP contribution is -2.11. The minimum Gasteiger partial charge on any atom is -0.305 e. The lowest BCUT2D eigenvalue weighted by Gasteiger charge is -2.16. The molecule has 3 aromatic heterocycles. The van der Waals surface area contributed by atoms with Crippen LogP contribution < -0.4 is 5.56 Å². The van der Waals surface area contributed by atoms with E-state index in [2.05, 4.69) is 15.2 Å². The number of halogens is 1. The van der Waals surface area contributed by atoms with Crippen LogP contribution in [0.15, 0.2) is 59.5 Å². The van der Waals surface area contributed by atoms with E-state index in [-0.39, 0.29) is 5.56 Å². The second kappa shape index (κ2) is 6.83. The number of nitrogens with zero attached hydrogens (tertiary/aromatic N) is 3. The molecule has 0 unspecified atom stereocenters. The van der Waals surface area contributed by atoms with Crippen molar-refractivity contribution in [3.63, 3.8) is 0 Å². The van der Waals surface area contributed by atoms with Crippen LogP contribution in [0.25, 0.3) is 44.3 Å². The maximum atomic E-state index is 12.2. The number of pyridine rings is 2. The van der Waals surface area contributed by atoms with E-state index in [1.165, 1.54) is 0 Å². The van der Waals surface area contributed by atoms with Gasteiger partial charge in [0.1, 0.15) is 17.3 Å². The van der Waals surface area contributed by atoms with E-state index in [1.807, 2.05) is 55.5 Å². The standard InChI is InChI=1S/C23H14ClN5O/c1-12-17-8-15(10-25)23(30)28-22(17)27-21(13-5-3-2-4-6-13)19(12)14-7-16-11-26-29-20(16)18(24)9-14/h2-9,11H,1H3,(H,26,29)(H,27,28,30). The molecule has 0 aliphatic heterocycles. The molecule has 0 bridgehead atoms. The van der Waals surface area contributed by atoms with Crippen molar-refractivity contribution in [3.8, 4) is 28.5 Å². The summed E-state index contributed by atoms with van der Waals surface area (Å²) in [5.74, 6) is 0. The van der Waals surface area contributed by atoms with Crippen LogP contribution in [0.2, 0.25) is 5.02 Å². The van der Waals surface area contributed by atoms with Gasteiger partial charge in [0.15, 0.2) is 0 Å². The second-order valence-electron chi connectivity index (χ2n) is 7.00. The quantitative estimate of drug-likeness (QED) is 0.428. The molecule has 3 heterocycles. The molecule has 0 aliphatic carbocycles. The Balaban J connectivity index is 1.93. The fourth-order valence-electron chi connectivity index (χ4n) is 3.77. The molecule has 30 heavy (non-hydrogen) atoms. The van der Waals surface area contributed by atoms with Crippen molar-refractivity contribution in [3.05, 3.63) is 81.2 Å². The third-order valence-corrected chi connectivity index (χ3v) is 5.51. The van der Waals surface area contributed by atoms with Gasteiger partial charge in [-0.3, -0.25) is 9.89 Å². The van der Waals surface area contributed by atoms with Crippen molar-refractivity contribution in [2.24, 2.45) is 0 Å².